The summed E-state index contributed by atoms with van der Waals surface area (Å²) in [5.74, 6) is 10.8. The standard InChI is InChI=1S/C45H66S2/c1-43(2,3)40-26-30(34-13-7-10-16-37(34)40)21-19-29-20-24-33(25-29)44(4,5)41-27-31(35-14-8-11-17-38(35)41)22-23-32-28-42(45(6,46)47)39-18-12-9-15-36(32)39/h7-18,29-42,46-47H,19-28H2,1-6H3. The molecule has 4 saturated carbocycles. The van der Waals surface area contributed by atoms with Gasteiger partial charge < -0.3 is 0 Å². The van der Waals surface area contributed by atoms with Gasteiger partial charge in [-0.15, -0.1) is 0 Å². The van der Waals surface area contributed by atoms with Crippen LogP contribution in [-0.4, -0.2) is 4.08 Å². The molecule has 0 amide bonds. The molecule has 0 radical (unpaired) electrons. The van der Waals surface area contributed by atoms with E-state index in [4.69, 9.17) is 25.3 Å². The van der Waals surface area contributed by atoms with Crippen LogP contribution in [0.15, 0.2) is 72.9 Å². The fourth-order valence-electron chi connectivity index (χ4n) is 12.9. The predicted octanol–water partition coefficient (Wildman–Crippen LogP) is 12.6. The first kappa shape index (κ1) is 34.6. The summed E-state index contributed by atoms with van der Waals surface area (Å²) >= 11 is 9.94. The average Bonchev–Trinajstić information content (AvgIpc) is 3.82. The Labute approximate surface area is 300 Å². The van der Waals surface area contributed by atoms with Crippen LogP contribution in [0.3, 0.4) is 0 Å². The lowest BCUT2D eigenvalue weighted by molar-refractivity contribution is 0.0914. The van der Waals surface area contributed by atoms with Crippen molar-refractivity contribution in [2.75, 3.05) is 0 Å². The molecule has 0 spiro atoms. The second-order valence-electron chi connectivity index (χ2n) is 19.4. The molecule has 4 fully saturated rings. The SMILES string of the molecule is CC(C)(C)C1CC(CCC2CCC(C(C)(C)C3CC(CCC4CC(C(C)(S)S)C5C=CC=CC45)C4C=CC=CC43)C2)C2C=CC=CC21. The number of allylic oxidation sites excluding steroid dienone is 12. The van der Waals surface area contributed by atoms with Crippen molar-refractivity contribution in [2.45, 2.75) is 110 Å². The van der Waals surface area contributed by atoms with E-state index in [0.29, 0.717) is 28.6 Å². The molecule has 0 aromatic rings. The maximum Gasteiger partial charge on any atom is 0.0557 e. The maximum atomic E-state index is 4.97. The first-order chi connectivity index (χ1) is 22.3. The number of fused-ring (bicyclic) bond motifs is 3. The van der Waals surface area contributed by atoms with Crippen molar-refractivity contribution in [3.05, 3.63) is 72.9 Å². The molecule has 0 N–H and O–H groups in total. The molecule has 7 rings (SSSR count). The summed E-state index contributed by atoms with van der Waals surface area (Å²) in [6.07, 6.45) is 43.5. The molecular formula is C45H66S2. The molecule has 0 aliphatic heterocycles. The van der Waals surface area contributed by atoms with Crippen LogP contribution in [0.4, 0.5) is 0 Å². The van der Waals surface area contributed by atoms with Crippen molar-refractivity contribution >= 4 is 25.3 Å². The van der Waals surface area contributed by atoms with E-state index in [2.05, 4.69) is 114 Å². The average molecular weight is 671 g/mol. The van der Waals surface area contributed by atoms with Crippen LogP contribution < -0.4 is 0 Å². The molecule has 0 aromatic carbocycles. The number of thiol groups is 2. The Morgan fingerprint density at radius 2 is 0.872 bits per heavy atom. The fourth-order valence-corrected chi connectivity index (χ4v) is 13.5. The van der Waals surface area contributed by atoms with Gasteiger partial charge in [0, 0.05) is 0 Å². The lowest BCUT2D eigenvalue weighted by Gasteiger charge is -2.41. The van der Waals surface area contributed by atoms with E-state index in [1.165, 1.54) is 64.2 Å². The van der Waals surface area contributed by atoms with E-state index in [1.807, 2.05) is 0 Å². The van der Waals surface area contributed by atoms with Gasteiger partial charge in [-0.2, -0.15) is 25.3 Å². The molecule has 0 heterocycles. The monoisotopic (exact) mass is 670 g/mol. The Morgan fingerprint density at radius 1 is 0.468 bits per heavy atom. The van der Waals surface area contributed by atoms with Gasteiger partial charge in [0.05, 0.1) is 4.08 Å². The summed E-state index contributed by atoms with van der Waals surface area (Å²) < 4.78 is -0.213. The Morgan fingerprint density at radius 3 is 1.36 bits per heavy atom. The Hall–Kier alpha value is -0.860. The van der Waals surface area contributed by atoms with Crippen molar-refractivity contribution in [3.63, 3.8) is 0 Å². The first-order valence-corrected chi connectivity index (χ1v) is 20.7. The lowest BCUT2D eigenvalue weighted by Crippen LogP contribution is -2.34. The van der Waals surface area contributed by atoms with E-state index >= 15 is 0 Å². The van der Waals surface area contributed by atoms with Crippen LogP contribution in [0.2, 0.25) is 0 Å². The largest absolute Gasteiger partial charge is 0.162 e. The molecule has 258 valence electrons. The predicted molar refractivity (Wildman–Crippen MR) is 209 cm³/mol. The molecule has 0 saturated heterocycles. The highest BCUT2D eigenvalue weighted by atomic mass is 32.2. The zero-order valence-electron chi connectivity index (χ0n) is 30.5. The smallest absolute Gasteiger partial charge is 0.0557 e. The van der Waals surface area contributed by atoms with E-state index in [1.54, 1.807) is 0 Å². The van der Waals surface area contributed by atoms with Crippen LogP contribution in [0.5, 0.6) is 0 Å². The van der Waals surface area contributed by atoms with Gasteiger partial charge in [-0.05, 0) is 152 Å². The van der Waals surface area contributed by atoms with Crippen molar-refractivity contribution in [1.29, 1.82) is 0 Å². The minimum atomic E-state index is -0.213. The summed E-state index contributed by atoms with van der Waals surface area (Å²) in [5.41, 5.74) is 0.816. The summed E-state index contributed by atoms with van der Waals surface area (Å²) in [6.45, 7) is 15.0. The van der Waals surface area contributed by atoms with Gasteiger partial charge in [0.15, 0.2) is 0 Å². The van der Waals surface area contributed by atoms with Gasteiger partial charge in [-0.25, -0.2) is 0 Å². The molecule has 7 aliphatic rings. The topological polar surface area (TPSA) is 0 Å². The minimum Gasteiger partial charge on any atom is -0.162 e. The van der Waals surface area contributed by atoms with Gasteiger partial charge in [0.25, 0.3) is 0 Å². The molecule has 47 heavy (non-hydrogen) atoms. The summed E-state index contributed by atoms with van der Waals surface area (Å²) in [7, 11) is 0. The minimum absolute atomic E-state index is 0.213. The third kappa shape index (κ3) is 6.80. The molecule has 7 aliphatic carbocycles. The Balaban J connectivity index is 0.968. The Kier molecular flexibility index (Phi) is 9.83. The van der Waals surface area contributed by atoms with Gasteiger partial charge in [-0.3, -0.25) is 0 Å². The lowest BCUT2D eigenvalue weighted by atomic mass is 9.63. The second-order valence-corrected chi connectivity index (χ2v) is 21.6. The third-order valence-electron chi connectivity index (χ3n) is 15.6. The van der Waals surface area contributed by atoms with Crippen LogP contribution in [0.25, 0.3) is 0 Å². The highest BCUT2D eigenvalue weighted by molar-refractivity contribution is 8.00. The normalized spacial score (nSPS) is 43.9. The van der Waals surface area contributed by atoms with Crippen molar-refractivity contribution in [1.82, 2.24) is 0 Å². The zero-order chi connectivity index (χ0) is 33.1. The number of hydrogen-bond donors (Lipinski definition) is 2. The molecule has 0 bridgehead atoms. The quantitative estimate of drug-likeness (QED) is 0.177. The first-order valence-electron chi connectivity index (χ1n) is 19.8. The molecule has 14 unspecified atom stereocenters. The fraction of sp³-hybridized carbons (Fsp3) is 0.733. The van der Waals surface area contributed by atoms with E-state index in [-0.39, 0.29) is 4.08 Å². The maximum absolute atomic E-state index is 4.97. The summed E-state index contributed by atoms with van der Waals surface area (Å²) in [6, 6.07) is 0. The number of rotatable bonds is 9. The Bertz CT molecular complexity index is 1290. The van der Waals surface area contributed by atoms with E-state index < -0.39 is 0 Å². The highest BCUT2D eigenvalue weighted by Crippen LogP contribution is 2.60. The highest BCUT2D eigenvalue weighted by Gasteiger charge is 2.52. The van der Waals surface area contributed by atoms with Crippen molar-refractivity contribution in [2.24, 2.45) is 93.7 Å². The van der Waals surface area contributed by atoms with Gasteiger partial charge in [-0.1, -0.05) is 120 Å². The van der Waals surface area contributed by atoms with Gasteiger partial charge in [0.2, 0.25) is 0 Å². The number of hydrogen-bond acceptors (Lipinski definition) is 2. The van der Waals surface area contributed by atoms with Crippen LogP contribution in [0, 0.1) is 93.7 Å². The van der Waals surface area contributed by atoms with Crippen molar-refractivity contribution in [3.8, 4) is 0 Å². The van der Waals surface area contributed by atoms with E-state index in [9.17, 15) is 0 Å². The van der Waals surface area contributed by atoms with Crippen molar-refractivity contribution < 1.29 is 0 Å². The van der Waals surface area contributed by atoms with E-state index in [0.717, 1.165) is 65.1 Å². The third-order valence-corrected chi connectivity index (χ3v) is 16.2. The van der Waals surface area contributed by atoms with Gasteiger partial charge >= 0.3 is 0 Å². The summed E-state index contributed by atoms with van der Waals surface area (Å²) in [4.78, 5) is 0. The molecule has 2 heteroatoms. The molecule has 0 aromatic heterocycles. The molecular weight excluding hydrogens is 605 g/mol. The second kappa shape index (κ2) is 13.4. The van der Waals surface area contributed by atoms with Crippen LogP contribution in [-0.2, 0) is 0 Å². The molecule has 0 nitrogen and oxygen atoms in total. The van der Waals surface area contributed by atoms with Crippen LogP contribution >= 0.6 is 25.3 Å². The van der Waals surface area contributed by atoms with Gasteiger partial charge in [0.1, 0.15) is 0 Å². The molecule has 14 atom stereocenters. The summed E-state index contributed by atoms with van der Waals surface area (Å²) in [5, 5.41) is 0. The van der Waals surface area contributed by atoms with Crippen LogP contribution in [0.1, 0.15) is 106 Å². The zero-order valence-corrected chi connectivity index (χ0v) is 32.3.